The monoisotopic (exact) mass is 217 g/mol. The topological polar surface area (TPSA) is 20.3 Å². The first-order valence-corrected chi connectivity index (χ1v) is 5.75. The first kappa shape index (κ1) is 12.5. The third-order valence-corrected chi connectivity index (χ3v) is 2.49. The predicted molar refractivity (Wildman–Crippen MR) is 68.1 cm³/mol. The molecule has 0 fully saturated rings. The first-order valence-electron chi connectivity index (χ1n) is 5.75. The summed E-state index contributed by atoms with van der Waals surface area (Å²) in [4.78, 5) is 13.7. The molecule has 0 radical (unpaired) electrons. The normalized spacial score (nSPS) is 13.7. The van der Waals surface area contributed by atoms with Gasteiger partial charge in [-0.25, -0.2) is 0 Å². The highest BCUT2D eigenvalue weighted by atomic mass is 16.2. The minimum Gasteiger partial charge on any atom is -0.306 e. The van der Waals surface area contributed by atoms with Crippen LogP contribution in [0, 0.1) is 0 Å². The van der Waals surface area contributed by atoms with Gasteiger partial charge in [0.05, 0.1) is 0 Å². The van der Waals surface area contributed by atoms with E-state index in [9.17, 15) is 4.79 Å². The summed E-state index contributed by atoms with van der Waals surface area (Å²) in [5.74, 6) is 0.0700. The van der Waals surface area contributed by atoms with Crippen molar-refractivity contribution in [1.82, 2.24) is 4.90 Å². The van der Waals surface area contributed by atoms with Crippen LogP contribution in [0.4, 0.5) is 0 Å². The zero-order valence-corrected chi connectivity index (χ0v) is 10.4. The van der Waals surface area contributed by atoms with E-state index < -0.39 is 0 Å². The Morgan fingerprint density at radius 2 is 1.62 bits per heavy atom. The molecule has 2 nitrogen and oxygen atoms in total. The molecule has 2 rings (SSSR count). The molecule has 86 valence electrons. The van der Waals surface area contributed by atoms with Crippen molar-refractivity contribution in [3.8, 4) is 0 Å². The summed E-state index contributed by atoms with van der Waals surface area (Å²) in [5, 5.41) is 0. The van der Waals surface area contributed by atoms with Crippen molar-refractivity contribution in [1.29, 1.82) is 0 Å². The number of carbonyl (C=O) groups is 1. The Morgan fingerprint density at radius 3 is 2.06 bits per heavy atom. The van der Waals surface area contributed by atoms with Crippen molar-refractivity contribution in [3.05, 3.63) is 42.0 Å². The van der Waals surface area contributed by atoms with E-state index in [2.05, 4.69) is 6.58 Å². The summed E-state index contributed by atoms with van der Waals surface area (Å²) in [6.45, 7) is 11.9. The van der Waals surface area contributed by atoms with Crippen LogP contribution in [-0.2, 0) is 0 Å². The van der Waals surface area contributed by atoms with Crippen LogP contribution >= 0.6 is 0 Å². The average molecular weight is 217 g/mol. The average Bonchev–Trinajstić information content (AvgIpc) is 2.55. The highest BCUT2D eigenvalue weighted by Gasteiger charge is 2.31. The van der Waals surface area contributed by atoms with Crippen LogP contribution < -0.4 is 0 Å². The molecular weight excluding hydrogens is 198 g/mol. The molecule has 2 heteroatoms. The molecule has 16 heavy (non-hydrogen) atoms. The van der Waals surface area contributed by atoms with Crippen molar-refractivity contribution < 1.29 is 4.79 Å². The van der Waals surface area contributed by atoms with E-state index in [1.807, 2.05) is 52.0 Å². The fourth-order valence-corrected chi connectivity index (χ4v) is 1.85. The maximum absolute atomic E-state index is 11.9. The van der Waals surface area contributed by atoms with Crippen LogP contribution in [0.3, 0.4) is 0 Å². The molecule has 0 atom stereocenters. The van der Waals surface area contributed by atoms with E-state index in [0.29, 0.717) is 0 Å². The second-order valence-electron chi connectivity index (χ2n) is 3.76. The molecule has 0 bridgehead atoms. The summed E-state index contributed by atoms with van der Waals surface area (Å²) in [7, 11) is 0. The summed E-state index contributed by atoms with van der Waals surface area (Å²) in [6.07, 6.45) is 0. The van der Waals surface area contributed by atoms with Crippen LogP contribution in [-0.4, -0.2) is 16.8 Å². The Labute approximate surface area is 97.6 Å². The maximum atomic E-state index is 11.9. The van der Waals surface area contributed by atoms with Gasteiger partial charge in [0.2, 0.25) is 0 Å². The molecular formula is C14H19NO. The van der Waals surface area contributed by atoms with E-state index >= 15 is 0 Å². The number of hydrogen-bond donors (Lipinski definition) is 0. The molecule has 1 aliphatic heterocycles. The molecule has 1 amide bonds. The van der Waals surface area contributed by atoms with Crippen molar-refractivity contribution in [2.24, 2.45) is 0 Å². The first-order chi connectivity index (χ1) is 7.63. The van der Waals surface area contributed by atoms with Crippen LogP contribution in [0.25, 0.3) is 5.70 Å². The largest absolute Gasteiger partial charge is 0.306 e. The zero-order valence-electron chi connectivity index (χ0n) is 10.4. The Balaban J connectivity index is 0.000000606. The zero-order chi connectivity index (χ0) is 12.3. The van der Waals surface area contributed by atoms with E-state index in [-0.39, 0.29) is 11.9 Å². The van der Waals surface area contributed by atoms with Crippen molar-refractivity contribution in [2.75, 3.05) is 0 Å². The third-order valence-electron chi connectivity index (χ3n) is 2.49. The number of fused-ring (bicyclic) bond motifs is 1. The van der Waals surface area contributed by atoms with Gasteiger partial charge in [-0.1, -0.05) is 38.6 Å². The second-order valence-corrected chi connectivity index (χ2v) is 3.76. The second kappa shape index (κ2) is 4.97. The summed E-state index contributed by atoms with van der Waals surface area (Å²) in [5.41, 5.74) is 2.55. The molecule has 1 aliphatic rings. The number of nitrogens with zero attached hydrogens (tertiary/aromatic N) is 1. The van der Waals surface area contributed by atoms with Gasteiger partial charge in [0.25, 0.3) is 5.91 Å². The third kappa shape index (κ3) is 1.87. The minimum atomic E-state index is 0.0700. The Kier molecular flexibility index (Phi) is 3.88. The number of hydrogen-bond acceptors (Lipinski definition) is 1. The van der Waals surface area contributed by atoms with Gasteiger partial charge < -0.3 is 4.90 Å². The summed E-state index contributed by atoms with van der Waals surface area (Å²) < 4.78 is 0. The quantitative estimate of drug-likeness (QED) is 0.704. The maximum Gasteiger partial charge on any atom is 0.259 e. The van der Waals surface area contributed by atoms with Gasteiger partial charge in [0, 0.05) is 22.9 Å². The molecule has 1 heterocycles. The van der Waals surface area contributed by atoms with Crippen LogP contribution in [0.2, 0.25) is 0 Å². The number of carbonyl (C=O) groups excluding carboxylic acids is 1. The summed E-state index contributed by atoms with van der Waals surface area (Å²) >= 11 is 0. The predicted octanol–water partition coefficient (Wildman–Crippen LogP) is 3.55. The highest BCUT2D eigenvalue weighted by molar-refractivity contribution is 6.08. The van der Waals surface area contributed by atoms with E-state index in [1.165, 1.54) is 0 Å². The van der Waals surface area contributed by atoms with E-state index in [0.717, 1.165) is 16.8 Å². The van der Waals surface area contributed by atoms with Crippen molar-refractivity contribution in [3.63, 3.8) is 0 Å². The van der Waals surface area contributed by atoms with Gasteiger partial charge in [-0.3, -0.25) is 4.79 Å². The molecule has 0 N–H and O–H groups in total. The smallest absolute Gasteiger partial charge is 0.259 e. The van der Waals surface area contributed by atoms with Gasteiger partial charge in [-0.15, -0.1) is 0 Å². The summed E-state index contributed by atoms with van der Waals surface area (Å²) in [6, 6.07) is 7.78. The number of rotatable bonds is 1. The lowest BCUT2D eigenvalue weighted by atomic mass is 10.1. The van der Waals surface area contributed by atoms with E-state index in [1.54, 1.807) is 4.90 Å². The standard InChI is InChI=1S/C12H13NO.C2H6/c1-8(2)13-9(3)10-6-4-5-7-11(10)12(13)14;1-2/h4-8H,3H2,1-2H3;1-2H3. The number of amides is 1. The Bertz CT molecular complexity index is 372. The van der Waals surface area contributed by atoms with Gasteiger partial charge in [0.15, 0.2) is 0 Å². The molecule has 1 aromatic carbocycles. The van der Waals surface area contributed by atoms with Gasteiger partial charge in [-0.2, -0.15) is 0 Å². The SMILES string of the molecule is C=C1c2ccccc2C(=O)N1C(C)C.CC. The fourth-order valence-electron chi connectivity index (χ4n) is 1.85. The highest BCUT2D eigenvalue weighted by Crippen LogP contribution is 2.32. The molecule has 0 saturated carbocycles. The van der Waals surface area contributed by atoms with Crippen molar-refractivity contribution in [2.45, 2.75) is 33.7 Å². The van der Waals surface area contributed by atoms with Crippen molar-refractivity contribution >= 4 is 11.6 Å². The minimum absolute atomic E-state index is 0.0700. The van der Waals surface area contributed by atoms with Crippen LogP contribution in [0.5, 0.6) is 0 Å². The Morgan fingerprint density at radius 1 is 1.12 bits per heavy atom. The van der Waals surface area contributed by atoms with E-state index in [4.69, 9.17) is 0 Å². The molecule has 1 aromatic rings. The van der Waals surface area contributed by atoms with Gasteiger partial charge >= 0.3 is 0 Å². The lowest BCUT2D eigenvalue weighted by Crippen LogP contribution is -2.29. The Hall–Kier alpha value is -1.57. The lowest BCUT2D eigenvalue weighted by Gasteiger charge is -2.21. The van der Waals surface area contributed by atoms with Gasteiger partial charge in [-0.05, 0) is 19.9 Å². The molecule has 0 aromatic heterocycles. The fraction of sp³-hybridized carbons (Fsp3) is 0.357. The molecule has 0 aliphatic carbocycles. The van der Waals surface area contributed by atoms with Crippen LogP contribution in [0.15, 0.2) is 30.8 Å². The molecule has 0 saturated heterocycles. The van der Waals surface area contributed by atoms with Gasteiger partial charge in [0.1, 0.15) is 0 Å². The molecule has 0 unspecified atom stereocenters. The lowest BCUT2D eigenvalue weighted by molar-refractivity contribution is 0.0821. The van der Waals surface area contributed by atoms with Crippen LogP contribution in [0.1, 0.15) is 43.6 Å². The molecule has 0 spiro atoms. The number of benzene rings is 1.